The average molecular weight is 255 g/mol. The first-order valence-corrected chi connectivity index (χ1v) is 6.63. The van der Waals surface area contributed by atoms with Gasteiger partial charge in [-0.05, 0) is 43.4 Å². The van der Waals surface area contributed by atoms with Crippen LogP contribution in [0, 0.1) is 0 Å². The number of ether oxygens (including phenoxy) is 1. The lowest BCUT2D eigenvalue weighted by atomic mass is 9.97. The molecule has 0 saturated carbocycles. The van der Waals surface area contributed by atoms with Crippen LogP contribution in [0.2, 0.25) is 0 Å². The Balaban J connectivity index is 2.06. The number of hydrogen-bond acceptors (Lipinski definition) is 3. The Bertz CT molecular complexity index is 601. The van der Waals surface area contributed by atoms with Crippen molar-refractivity contribution in [1.29, 1.82) is 0 Å². The van der Waals surface area contributed by atoms with E-state index in [-0.39, 0.29) is 0 Å². The quantitative estimate of drug-likeness (QED) is 0.845. The predicted molar refractivity (Wildman–Crippen MR) is 74.4 cm³/mol. The minimum Gasteiger partial charge on any atom is -0.494 e. The van der Waals surface area contributed by atoms with Crippen molar-refractivity contribution in [3.05, 3.63) is 42.2 Å². The SMILES string of the molecule is COc1ccccc1-n1nncc1C1=CCCCC1. The molecule has 0 fully saturated rings. The van der Waals surface area contributed by atoms with Crippen LogP contribution in [0.3, 0.4) is 0 Å². The van der Waals surface area contributed by atoms with Gasteiger partial charge in [0.15, 0.2) is 0 Å². The average Bonchev–Trinajstić information content (AvgIpc) is 2.97. The third kappa shape index (κ3) is 2.26. The molecular weight excluding hydrogens is 238 g/mol. The minimum absolute atomic E-state index is 0.811. The summed E-state index contributed by atoms with van der Waals surface area (Å²) in [6.07, 6.45) is 8.90. The Morgan fingerprint density at radius 2 is 2.11 bits per heavy atom. The third-order valence-electron chi connectivity index (χ3n) is 3.48. The smallest absolute Gasteiger partial charge is 0.144 e. The molecule has 0 radical (unpaired) electrons. The van der Waals surface area contributed by atoms with Gasteiger partial charge in [-0.15, -0.1) is 5.10 Å². The maximum Gasteiger partial charge on any atom is 0.144 e. The normalized spacial score (nSPS) is 15.1. The van der Waals surface area contributed by atoms with Gasteiger partial charge in [0.25, 0.3) is 0 Å². The first-order valence-electron chi connectivity index (χ1n) is 6.63. The molecule has 0 atom stereocenters. The van der Waals surface area contributed by atoms with Crippen molar-refractivity contribution < 1.29 is 4.74 Å². The van der Waals surface area contributed by atoms with Gasteiger partial charge in [0, 0.05) is 0 Å². The fourth-order valence-corrected chi connectivity index (χ4v) is 2.51. The van der Waals surface area contributed by atoms with Crippen LogP contribution < -0.4 is 4.74 Å². The van der Waals surface area contributed by atoms with E-state index in [1.54, 1.807) is 7.11 Å². The Hall–Kier alpha value is -2.10. The topological polar surface area (TPSA) is 39.9 Å². The van der Waals surface area contributed by atoms with E-state index in [1.165, 1.54) is 18.4 Å². The molecule has 4 nitrogen and oxygen atoms in total. The first-order chi connectivity index (χ1) is 9.40. The minimum atomic E-state index is 0.811. The number of allylic oxidation sites excluding steroid dienone is 2. The van der Waals surface area contributed by atoms with Crippen LogP contribution in [-0.2, 0) is 0 Å². The third-order valence-corrected chi connectivity index (χ3v) is 3.48. The summed E-state index contributed by atoms with van der Waals surface area (Å²) in [5.74, 6) is 0.811. The van der Waals surface area contributed by atoms with E-state index in [4.69, 9.17) is 4.74 Å². The highest BCUT2D eigenvalue weighted by Crippen LogP contribution is 2.29. The molecular formula is C15H17N3O. The summed E-state index contributed by atoms with van der Waals surface area (Å²) in [6, 6.07) is 7.88. The summed E-state index contributed by atoms with van der Waals surface area (Å²) < 4.78 is 7.27. The van der Waals surface area contributed by atoms with E-state index >= 15 is 0 Å². The van der Waals surface area contributed by atoms with Gasteiger partial charge in [-0.2, -0.15) is 0 Å². The molecule has 1 aliphatic carbocycles. The zero-order chi connectivity index (χ0) is 13.1. The summed E-state index contributed by atoms with van der Waals surface area (Å²) in [4.78, 5) is 0. The van der Waals surface area contributed by atoms with Gasteiger partial charge in [-0.3, -0.25) is 0 Å². The van der Waals surface area contributed by atoms with Crippen molar-refractivity contribution in [1.82, 2.24) is 15.0 Å². The second-order valence-corrected chi connectivity index (χ2v) is 4.68. The molecule has 1 heterocycles. The van der Waals surface area contributed by atoms with E-state index in [1.807, 2.05) is 35.1 Å². The van der Waals surface area contributed by atoms with E-state index in [0.717, 1.165) is 30.0 Å². The molecule has 0 saturated heterocycles. The number of para-hydroxylation sites is 2. The van der Waals surface area contributed by atoms with Gasteiger partial charge in [-0.25, -0.2) is 4.68 Å². The predicted octanol–water partition coefficient (Wildman–Crippen LogP) is 3.23. The largest absolute Gasteiger partial charge is 0.494 e. The Kier molecular flexibility index (Phi) is 3.31. The highest BCUT2D eigenvalue weighted by Gasteiger charge is 2.15. The first kappa shape index (κ1) is 12.0. The summed E-state index contributed by atoms with van der Waals surface area (Å²) in [5.41, 5.74) is 3.34. The molecule has 3 rings (SSSR count). The molecule has 1 aliphatic rings. The summed E-state index contributed by atoms with van der Waals surface area (Å²) in [5, 5.41) is 8.28. The van der Waals surface area contributed by atoms with Gasteiger partial charge < -0.3 is 4.74 Å². The number of nitrogens with zero attached hydrogens (tertiary/aromatic N) is 3. The number of methoxy groups -OCH3 is 1. The van der Waals surface area contributed by atoms with Crippen molar-refractivity contribution in [2.24, 2.45) is 0 Å². The van der Waals surface area contributed by atoms with Crippen molar-refractivity contribution >= 4 is 5.57 Å². The molecule has 1 aromatic carbocycles. The van der Waals surface area contributed by atoms with Crippen LogP contribution in [0.15, 0.2) is 36.5 Å². The number of hydrogen-bond donors (Lipinski definition) is 0. The maximum absolute atomic E-state index is 5.40. The van der Waals surface area contributed by atoms with Crippen LogP contribution in [-0.4, -0.2) is 22.1 Å². The maximum atomic E-state index is 5.40. The molecule has 0 aliphatic heterocycles. The number of rotatable bonds is 3. The van der Waals surface area contributed by atoms with E-state index in [0.29, 0.717) is 0 Å². The summed E-state index contributed by atoms with van der Waals surface area (Å²) >= 11 is 0. The fourth-order valence-electron chi connectivity index (χ4n) is 2.51. The standard InChI is InChI=1S/C15H17N3O/c1-19-15-10-6-5-9-13(15)18-14(11-16-17-18)12-7-3-2-4-8-12/h5-7,9-11H,2-4,8H2,1H3. The van der Waals surface area contributed by atoms with Crippen LogP contribution >= 0.6 is 0 Å². The zero-order valence-corrected chi connectivity index (χ0v) is 11.0. The molecule has 0 spiro atoms. The van der Waals surface area contributed by atoms with Gasteiger partial charge >= 0.3 is 0 Å². The highest BCUT2D eigenvalue weighted by molar-refractivity contribution is 5.65. The second kappa shape index (κ2) is 5.26. The summed E-state index contributed by atoms with van der Waals surface area (Å²) in [6.45, 7) is 0. The Morgan fingerprint density at radius 3 is 2.89 bits per heavy atom. The van der Waals surface area contributed by atoms with E-state index < -0.39 is 0 Å². The molecule has 0 N–H and O–H groups in total. The molecule has 0 amide bonds. The molecule has 1 aromatic heterocycles. The molecule has 98 valence electrons. The fraction of sp³-hybridized carbons (Fsp3) is 0.333. The molecule has 4 heteroatoms. The number of aromatic nitrogens is 3. The van der Waals surface area contributed by atoms with Crippen LogP contribution in [0.1, 0.15) is 31.4 Å². The second-order valence-electron chi connectivity index (χ2n) is 4.68. The Labute approximate surface area is 112 Å². The number of benzene rings is 1. The monoisotopic (exact) mass is 255 g/mol. The van der Waals surface area contributed by atoms with E-state index in [9.17, 15) is 0 Å². The van der Waals surface area contributed by atoms with Gasteiger partial charge in [0.05, 0.1) is 19.0 Å². The highest BCUT2D eigenvalue weighted by atomic mass is 16.5. The van der Waals surface area contributed by atoms with E-state index in [2.05, 4.69) is 16.4 Å². The van der Waals surface area contributed by atoms with Crippen LogP contribution in [0.4, 0.5) is 0 Å². The lowest BCUT2D eigenvalue weighted by molar-refractivity contribution is 0.411. The van der Waals surface area contributed by atoms with Crippen LogP contribution in [0.5, 0.6) is 5.75 Å². The molecule has 0 bridgehead atoms. The van der Waals surface area contributed by atoms with Crippen molar-refractivity contribution in [2.45, 2.75) is 25.7 Å². The van der Waals surface area contributed by atoms with Crippen molar-refractivity contribution in [2.75, 3.05) is 7.11 Å². The Morgan fingerprint density at radius 1 is 1.21 bits per heavy atom. The van der Waals surface area contributed by atoms with Gasteiger partial charge in [0.2, 0.25) is 0 Å². The molecule has 2 aromatic rings. The lowest BCUT2D eigenvalue weighted by Gasteiger charge is -2.15. The van der Waals surface area contributed by atoms with Crippen molar-refractivity contribution in [3.63, 3.8) is 0 Å². The molecule has 19 heavy (non-hydrogen) atoms. The van der Waals surface area contributed by atoms with Crippen LogP contribution in [0.25, 0.3) is 11.3 Å². The van der Waals surface area contributed by atoms with Gasteiger partial charge in [0.1, 0.15) is 11.4 Å². The molecule has 0 unspecified atom stereocenters. The lowest BCUT2D eigenvalue weighted by Crippen LogP contribution is -2.05. The summed E-state index contributed by atoms with van der Waals surface area (Å²) in [7, 11) is 1.68. The van der Waals surface area contributed by atoms with Gasteiger partial charge in [-0.1, -0.05) is 23.4 Å². The van der Waals surface area contributed by atoms with Crippen molar-refractivity contribution in [3.8, 4) is 11.4 Å². The zero-order valence-electron chi connectivity index (χ0n) is 11.0.